The number of nitrogens with two attached hydrogens (primary N) is 1. The molecular weight excluding hydrogens is 245 g/mol. The van der Waals surface area contributed by atoms with Gasteiger partial charge in [-0.15, -0.1) is 0 Å². The Morgan fingerprint density at radius 3 is 2.50 bits per heavy atom. The van der Waals surface area contributed by atoms with Crippen molar-refractivity contribution in [3.8, 4) is 0 Å². The molecule has 4 heteroatoms. The second-order valence-corrected chi connectivity index (χ2v) is 4.43. The van der Waals surface area contributed by atoms with Crippen molar-refractivity contribution < 1.29 is 4.42 Å². The molecule has 2 N–H and O–H groups in total. The first-order valence-electron chi connectivity index (χ1n) is 4.84. The normalized spacial score (nSPS) is 12.8. The molecule has 0 spiro atoms. The summed E-state index contributed by atoms with van der Waals surface area (Å²) in [5, 5.41) is 1.02. The number of rotatable bonds is 2. The minimum Gasteiger partial charge on any atom is -0.467 e. The van der Waals surface area contributed by atoms with Crippen molar-refractivity contribution in [1.29, 1.82) is 0 Å². The summed E-state index contributed by atoms with van der Waals surface area (Å²) in [5.74, 6) is 0.749. The summed E-state index contributed by atoms with van der Waals surface area (Å²) in [6, 6.07) is 6.91. The number of hydrogen-bond donors (Lipinski definition) is 1. The number of halogens is 2. The van der Waals surface area contributed by atoms with Crippen LogP contribution in [0.2, 0.25) is 10.0 Å². The summed E-state index contributed by atoms with van der Waals surface area (Å²) in [6.45, 7) is 1.95. The summed E-state index contributed by atoms with van der Waals surface area (Å²) in [5.41, 5.74) is 7.99. The molecule has 1 atom stereocenters. The van der Waals surface area contributed by atoms with E-state index in [9.17, 15) is 0 Å². The van der Waals surface area contributed by atoms with E-state index in [2.05, 4.69) is 0 Å². The first-order valence-corrected chi connectivity index (χ1v) is 5.59. The van der Waals surface area contributed by atoms with E-state index in [4.69, 9.17) is 33.4 Å². The first kappa shape index (κ1) is 11.5. The maximum Gasteiger partial charge on any atom is 0.127 e. The Morgan fingerprint density at radius 2 is 1.94 bits per heavy atom. The highest BCUT2D eigenvalue weighted by atomic mass is 35.5. The van der Waals surface area contributed by atoms with Gasteiger partial charge in [-0.2, -0.15) is 0 Å². The molecule has 0 amide bonds. The highest BCUT2D eigenvalue weighted by Crippen LogP contribution is 2.29. The van der Waals surface area contributed by atoms with Crippen molar-refractivity contribution in [3.05, 3.63) is 57.5 Å². The van der Waals surface area contributed by atoms with Gasteiger partial charge >= 0.3 is 0 Å². The molecule has 1 aromatic carbocycles. The van der Waals surface area contributed by atoms with Gasteiger partial charge in [0.2, 0.25) is 0 Å². The number of hydrogen-bond acceptors (Lipinski definition) is 2. The number of furan rings is 1. The summed E-state index contributed by atoms with van der Waals surface area (Å²) in [7, 11) is 0. The third kappa shape index (κ3) is 2.09. The SMILES string of the molecule is Cc1ccoc1C(N)c1ccc(Cl)c(Cl)c1. The lowest BCUT2D eigenvalue weighted by Gasteiger charge is -2.11. The van der Waals surface area contributed by atoms with Gasteiger partial charge in [-0.1, -0.05) is 29.3 Å². The van der Waals surface area contributed by atoms with Crippen LogP contribution in [0.4, 0.5) is 0 Å². The zero-order valence-electron chi connectivity index (χ0n) is 8.71. The van der Waals surface area contributed by atoms with Crippen LogP contribution in [-0.2, 0) is 0 Å². The minimum atomic E-state index is -0.315. The molecule has 1 aromatic heterocycles. The quantitative estimate of drug-likeness (QED) is 0.883. The summed E-state index contributed by atoms with van der Waals surface area (Å²) in [4.78, 5) is 0. The molecule has 0 saturated heterocycles. The predicted molar refractivity (Wildman–Crippen MR) is 65.9 cm³/mol. The van der Waals surface area contributed by atoms with Crippen LogP contribution in [0.15, 0.2) is 34.9 Å². The Morgan fingerprint density at radius 1 is 1.19 bits per heavy atom. The molecule has 16 heavy (non-hydrogen) atoms. The predicted octanol–water partition coefficient (Wildman–Crippen LogP) is 3.94. The van der Waals surface area contributed by atoms with Crippen LogP contribution in [0.3, 0.4) is 0 Å². The largest absolute Gasteiger partial charge is 0.467 e. The Hall–Kier alpha value is -0.960. The molecule has 0 bridgehead atoms. The van der Waals surface area contributed by atoms with Crippen molar-refractivity contribution in [2.45, 2.75) is 13.0 Å². The van der Waals surface area contributed by atoms with E-state index in [1.54, 1.807) is 18.4 Å². The van der Waals surface area contributed by atoms with Gasteiger partial charge in [0.25, 0.3) is 0 Å². The Bertz CT molecular complexity index is 507. The molecule has 2 nitrogen and oxygen atoms in total. The first-order chi connectivity index (χ1) is 7.59. The average molecular weight is 256 g/mol. The highest BCUT2D eigenvalue weighted by Gasteiger charge is 2.15. The van der Waals surface area contributed by atoms with Gasteiger partial charge in [-0.05, 0) is 36.2 Å². The Balaban J connectivity index is 2.38. The van der Waals surface area contributed by atoms with Crippen LogP contribution < -0.4 is 5.73 Å². The van der Waals surface area contributed by atoms with E-state index in [1.165, 1.54) is 0 Å². The molecule has 2 rings (SSSR count). The van der Waals surface area contributed by atoms with Crippen molar-refractivity contribution in [1.82, 2.24) is 0 Å². The van der Waals surface area contributed by atoms with Crippen molar-refractivity contribution in [3.63, 3.8) is 0 Å². The fraction of sp³-hybridized carbons (Fsp3) is 0.167. The highest BCUT2D eigenvalue weighted by molar-refractivity contribution is 6.42. The summed E-state index contributed by atoms with van der Waals surface area (Å²) >= 11 is 11.8. The average Bonchev–Trinajstić information content (AvgIpc) is 2.67. The Labute approximate surface area is 104 Å². The summed E-state index contributed by atoms with van der Waals surface area (Å²) < 4.78 is 5.35. The molecule has 0 aliphatic carbocycles. The van der Waals surface area contributed by atoms with Crippen LogP contribution >= 0.6 is 23.2 Å². The smallest absolute Gasteiger partial charge is 0.127 e. The Kier molecular flexibility index (Phi) is 3.24. The van der Waals surface area contributed by atoms with Crippen molar-refractivity contribution in [2.75, 3.05) is 0 Å². The lowest BCUT2D eigenvalue weighted by Crippen LogP contribution is -2.11. The summed E-state index contributed by atoms with van der Waals surface area (Å²) in [6.07, 6.45) is 1.63. The second-order valence-electron chi connectivity index (χ2n) is 3.62. The van der Waals surface area contributed by atoms with Crippen LogP contribution in [0, 0.1) is 6.92 Å². The van der Waals surface area contributed by atoms with Gasteiger partial charge in [0, 0.05) is 0 Å². The lowest BCUT2D eigenvalue weighted by atomic mass is 10.0. The van der Waals surface area contributed by atoms with E-state index < -0.39 is 0 Å². The zero-order chi connectivity index (χ0) is 11.7. The number of aryl methyl sites for hydroxylation is 1. The van der Waals surface area contributed by atoms with Gasteiger partial charge in [-0.25, -0.2) is 0 Å². The molecule has 1 unspecified atom stereocenters. The molecular formula is C12H11Cl2NO. The topological polar surface area (TPSA) is 39.2 Å². The van der Waals surface area contributed by atoms with E-state index in [1.807, 2.05) is 19.1 Å². The molecule has 0 radical (unpaired) electrons. The van der Waals surface area contributed by atoms with Gasteiger partial charge < -0.3 is 10.2 Å². The minimum absolute atomic E-state index is 0.315. The standard InChI is InChI=1S/C12H11Cl2NO/c1-7-4-5-16-12(7)11(15)8-2-3-9(13)10(14)6-8/h2-6,11H,15H2,1H3. The van der Waals surface area contributed by atoms with E-state index in [0.717, 1.165) is 16.9 Å². The van der Waals surface area contributed by atoms with Crippen LogP contribution in [0.25, 0.3) is 0 Å². The monoisotopic (exact) mass is 255 g/mol. The van der Waals surface area contributed by atoms with E-state index in [-0.39, 0.29) is 6.04 Å². The van der Waals surface area contributed by atoms with Crippen LogP contribution in [0.1, 0.15) is 22.9 Å². The van der Waals surface area contributed by atoms with Crippen molar-refractivity contribution >= 4 is 23.2 Å². The fourth-order valence-electron chi connectivity index (χ4n) is 1.56. The molecule has 1 heterocycles. The third-order valence-corrected chi connectivity index (χ3v) is 3.23. The van der Waals surface area contributed by atoms with Crippen LogP contribution in [0.5, 0.6) is 0 Å². The van der Waals surface area contributed by atoms with Gasteiger partial charge in [0.15, 0.2) is 0 Å². The second kappa shape index (κ2) is 4.50. The van der Waals surface area contributed by atoms with E-state index >= 15 is 0 Å². The molecule has 0 fully saturated rings. The molecule has 0 aliphatic heterocycles. The van der Waals surface area contributed by atoms with Gasteiger partial charge in [0.1, 0.15) is 5.76 Å². The molecule has 84 valence electrons. The lowest BCUT2D eigenvalue weighted by molar-refractivity contribution is 0.487. The fourth-order valence-corrected chi connectivity index (χ4v) is 1.87. The van der Waals surface area contributed by atoms with Gasteiger partial charge in [-0.3, -0.25) is 0 Å². The van der Waals surface area contributed by atoms with E-state index in [0.29, 0.717) is 10.0 Å². The molecule has 2 aromatic rings. The van der Waals surface area contributed by atoms with Gasteiger partial charge in [0.05, 0.1) is 22.4 Å². The zero-order valence-corrected chi connectivity index (χ0v) is 10.2. The molecule has 0 saturated carbocycles. The maximum absolute atomic E-state index is 6.09. The molecule has 0 aliphatic rings. The third-order valence-electron chi connectivity index (χ3n) is 2.49. The number of benzene rings is 1. The van der Waals surface area contributed by atoms with Crippen LogP contribution in [-0.4, -0.2) is 0 Å². The maximum atomic E-state index is 6.09. The van der Waals surface area contributed by atoms with Crippen molar-refractivity contribution in [2.24, 2.45) is 5.73 Å².